The van der Waals surface area contributed by atoms with Crippen molar-refractivity contribution in [1.82, 2.24) is 9.88 Å². The van der Waals surface area contributed by atoms with Crippen molar-refractivity contribution in [3.8, 4) is 17.5 Å². The fourth-order valence-corrected chi connectivity index (χ4v) is 2.88. The van der Waals surface area contributed by atoms with Crippen LogP contribution in [0.4, 0.5) is 4.39 Å². The van der Waals surface area contributed by atoms with E-state index in [4.69, 9.17) is 0 Å². The Balaban J connectivity index is 1.76. The van der Waals surface area contributed by atoms with Crippen molar-refractivity contribution < 1.29 is 9.18 Å². The zero-order chi connectivity index (χ0) is 18.5. The molecule has 4 heteroatoms. The summed E-state index contributed by atoms with van der Waals surface area (Å²) in [6, 6.07) is 17.9. The van der Waals surface area contributed by atoms with Gasteiger partial charge in [0.2, 0.25) is 0 Å². The Morgan fingerprint density at radius 2 is 1.77 bits per heavy atom. The van der Waals surface area contributed by atoms with Crippen LogP contribution >= 0.6 is 0 Å². The number of halogens is 1. The predicted molar refractivity (Wildman–Crippen MR) is 101 cm³/mol. The third-order valence-electron chi connectivity index (χ3n) is 4.11. The first-order chi connectivity index (χ1) is 12.6. The summed E-state index contributed by atoms with van der Waals surface area (Å²) < 4.78 is 15.9. The molecular formula is C22H19FN2O. The van der Waals surface area contributed by atoms with Gasteiger partial charge in [-0.15, -0.1) is 0 Å². The lowest BCUT2D eigenvalue weighted by Gasteiger charge is -2.10. The molecule has 0 aliphatic rings. The molecule has 2 aromatic carbocycles. The molecule has 0 saturated carbocycles. The van der Waals surface area contributed by atoms with Crippen LogP contribution < -0.4 is 5.32 Å². The highest BCUT2D eigenvalue weighted by Gasteiger charge is 2.17. The summed E-state index contributed by atoms with van der Waals surface area (Å²) in [5.41, 5.74) is 3.35. The van der Waals surface area contributed by atoms with Crippen molar-refractivity contribution in [2.24, 2.45) is 0 Å². The minimum atomic E-state index is -0.324. The number of aromatic nitrogens is 1. The lowest BCUT2D eigenvalue weighted by molar-refractivity contribution is 0.0958. The molecule has 3 rings (SSSR count). The van der Waals surface area contributed by atoms with E-state index in [9.17, 15) is 9.18 Å². The minimum absolute atomic E-state index is 0.219. The van der Waals surface area contributed by atoms with Crippen LogP contribution in [0, 0.1) is 31.5 Å². The quantitative estimate of drug-likeness (QED) is 0.714. The number of rotatable bonds is 3. The van der Waals surface area contributed by atoms with E-state index < -0.39 is 0 Å². The highest BCUT2D eigenvalue weighted by molar-refractivity contribution is 5.96. The average molecular weight is 346 g/mol. The second-order valence-electron chi connectivity index (χ2n) is 5.92. The van der Waals surface area contributed by atoms with Gasteiger partial charge in [-0.2, -0.15) is 0 Å². The van der Waals surface area contributed by atoms with Gasteiger partial charge in [0.1, 0.15) is 5.82 Å². The molecule has 130 valence electrons. The van der Waals surface area contributed by atoms with E-state index in [0.717, 1.165) is 11.3 Å². The number of hydrogen-bond acceptors (Lipinski definition) is 1. The van der Waals surface area contributed by atoms with Crippen LogP contribution in [0.15, 0.2) is 60.7 Å². The molecule has 0 saturated heterocycles. The van der Waals surface area contributed by atoms with Gasteiger partial charge in [-0.1, -0.05) is 42.2 Å². The second-order valence-corrected chi connectivity index (χ2v) is 5.92. The van der Waals surface area contributed by atoms with Gasteiger partial charge in [0.15, 0.2) is 0 Å². The Kier molecular flexibility index (Phi) is 5.19. The Hall–Kier alpha value is -3.32. The molecule has 0 aliphatic carbocycles. The molecule has 0 fully saturated rings. The zero-order valence-electron chi connectivity index (χ0n) is 14.7. The molecule has 0 aliphatic heterocycles. The molecule has 1 heterocycles. The molecular weight excluding hydrogens is 327 g/mol. The van der Waals surface area contributed by atoms with Crippen LogP contribution in [-0.2, 0) is 0 Å². The van der Waals surface area contributed by atoms with Crippen molar-refractivity contribution in [2.75, 3.05) is 6.54 Å². The summed E-state index contributed by atoms with van der Waals surface area (Å²) in [6.45, 7) is 3.91. The molecule has 3 nitrogen and oxygen atoms in total. The average Bonchev–Trinajstić information content (AvgIpc) is 2.94. The number of aryl methyl sites for hydroxylation is 1. The van der Waals surface area contributed by atoms with Gasteiger partial charge in [-0.25, -0.2) is 4.39 Å². The second kappa shape index (κ2) is 7.71. The number of carbonyl (C=O) groups excluding carboxylic acids is 1. The number of hydrogen-bond donors (Lipinski definition) is 1. The maximum absolute atomic E-state index is 14.1. The third kappa shape index (κ3) is 3.68. The maximum atomic E-state index is 14.1. The van der Waals surface area contributed by atoms with Crippen LogP contribution in [0.25, 0.3) is 5.69 Å². The van der Waals surface area contributed by atoms with Gasteiger partial charge >= 0.3 is 0 Å². The summed E-state index contributed by atoms with van der Waals surface area (Å²) in [4.78, 5) is 12.5. The van der Waals surface area contributed by atoms with Crippen molar-refractivity contribution in [2.45, 2.75) is 13.8 Å². The van der Waals surface area contributed by atoms with E-state index >= 15 is 0 Å². The summed E-state index contributed by atoms with van der Waals surface area (Å²) >= 11 is 0. The molecule has 26 heavy (non-hydrogen) atoms. The van der Waals surface area contributed by atoms with Crippen LogP contribution in [0.3, 0.4) is 0 Å². The van der Waals surface area contributed by atoms with E-state index in [1.165, 1.54) is 6.07 Å². The van der Waals surface area contributed by atoms with Crippen molar-refractivity contribution >= 4 is 5.91 Å². The molecule has 0 atom stereocenters. The molecule has 0 radical (unpaired) electrons. The molecule has 0 spiro atoms. The standard InChI is InChI=1S/C22H19FN2O/c1-16-15-19(17(2)25(16)21-13-7-6-12-20(21)23)22(26)24-14-8-11-18-9-4-3-5-10-18/h3-7,9-10,12-13,15H,14H2,1-2H3,(H,24,26). The third-order valence-corrected chi connectivity index (χ3v) is 4.11. The summed E-state index contributed by atoms with van der Waals surface area (Å²) in [5, 5.41) is 2.80. The first-order valence-corrected chi connectivity index (χ1v) is 8.34. The normalized spacial score (nSPS) is 10.1. The lowest BCUT2D eigenvalue weighted by Crippen LogP contribution is -2.24. The molecule has 1 amide bonds. The Labute approximate surface area is 152 Å². The van der Waals surface area contributed by atoms with E-state index in [-0.39, 0.29) is 18.3 Å². The van der Waals surface area contributed by atoms with Gasteiger partial charge in [-0.3, -0.25) is 4.79 Å². The number of nitrogens with zero attached hydrogens (tertiary/aromatic N) is 1. The lowest BCUT2D eigenvalue weighted by atomic mass is 10.2. The van der Waals surface area contributed by atoms with Crippen molar-refractivity contribution in [3.63, 3.8) is 0 Å². The van der Waals surface area contributed by atoms with Crippen molar-refractivity contribution in [1.29, 1.82) is 0 Å². The first-order valence-electron chi connectivity index (χ1n) is 8.34. The van der Waals surface area contributed by atoms with Crippen LogP contribution in [0.5, 0.6) is 0 Å². The predicted octanol–water partition coefficient (Wildman–Crippen LogP) is 4.01. The molecule has 3 aromatic rings. The molecule has 1 aromatic heterocycles. The number of nitrogens with one attached hydrogen (secondary N) is 1. The Morgan fingerprint density at radius 3 is 2.50 bits per heavy atom. The van der Waals surface area contributed by atoms with E-state index in [2.05, 4.69) is 17.2 Å². The van der Waals surface area contributed by atoms with Gasteiger partial charge in [0.05, 0.1) is 17.8 Å². The largest absolute Gasteiger partial charge is 0.341 e. The first kappa shape index (κ1) is 17.5. The minimum Gasteiger partial charge on any atom is -0.341 e. The van der Waals surface area contributed by atoms with Gasteiger partial charge in [0, 0.05) is 17.0 Å². The smallest absolute Gasteiger partial charge is 0.253 e. The van der Waals surface area contributed by atoms with Gasteiger partial charge in [0.25, 0.3) is 5.91 Å². The summed E-state index contributed by atoms with van der Waals surface area (Å²) in [5.74, 6) is 5.39. The highest BCUT2D eigenvalue weighted by Crippen LogP contribution is 2.22. The van der Waals surface area contributed by atoms with Gasteiger partial charge < -0.3 is 9.88 Å². The molecule has 0 bridgehead atoms. The fraction of sp³-hybridized carbons (Fsp3) is 0.136. The summed E-state index contributed by atoms with van der Waals surface area (Å²) in [7, 11) is 0. The zero-order valence-corrected chi connectivity index (χ0v) is 14.7. The van der Waals surface area contributed by atoms with Crippen LogP contribution in [-0.4, -0.2) is 17.0 Å². The number of benzene rings is 2. The topological polar surface area (TPSA) is 34.0 Å². The Morgan fingerprint density at radius 1 is 1.08 bits per heavy atom. The Bertz CT molecular complexity index is 994. The van der Waals surface area contributed by atoms with Gasteiger partial charge in [-0.05, 0) is 44.2 Å². The SMILES string of the molecule is Cc1cc(C(=O)NCC#Cc2ccccc2)c(C)n1-c1ccccc1F. The van der Waals surface area contributed by atoms with E-state index in [1.807, 2.05) is 44.2 Å². The maximum Gasteiger partial charge on any atom is 0.253 e. The number of para-hydroxylation sites is 1. The van der Waals surface area contributed by atoms with Crippen LogP contribution in [0.2, 0.25) is 0 Å². The number of carbonyl (C=O) groups is 1. The highest BCUT2D eigenvalue weighted by atomic mass is 19.1. The van der Waals surface area contributed by atoms with E-state index in [0.29, 0.717) is 16.9 Å². The summed E-state index contributed by atoms with van der Waals surface area (Å²) in [6.07, 6.45) is 0. The van der Waals surface area contributed by atoms with Crippen LogP contribution in [0.1, 0.15) is 27.3 Å². The van der Waals surface area contributed by atoms with E-state index in [1.54, 1.807) is 28.8 Å². The molecule has 0 unspecified atom stereocenters. The van der Waals surface area contributed by atoms with Crippen molar-refractivity contribution in [3.05, 3.63) is 89.0 Å². The fourth-order valence-electron chi connectivity index (χ4n) is 2.88. The molecule has 1 N–H and O–H groups in total. The number of amides is 1. The monoisotopic (exact) mass is 346 g/mol.